The number of ether oxygens (including phenoxy) is 1. The van der Waals surface area contributed by atoms with Gasteiger partial charge in [0.05, 0.1) is 37.1 Å². The fourth-order valence-corrected chi connectivity index (χ4v) is 3.91. The van der Waals surface area contributed by atoms with Crippen LogP contribution >= 0.6 is 11.6 Å². The monoisotopic (exact) mass is 430 g/mol. The van der Waals surface area contributed by atoms with E-state index >= 15 is 0 Å². The zero-order valence-electron chi connectivity index (χ0n) is 18.1. The van der Waals surface area contributed by atoms with Crippen molar-refractivity contribution in [3.63, 3.8) is 0 Å². The molecule has 1 N–H and O–H groups in total. The third-order valence-electron chi connectivity index (χ3n) is 5.48. The van der Waals surface area contributed by atoms with E-state index in [0.717, 1.165) is 24.1 Å². The standard InChI is InChI=1S/C24H32ClN3O2/c1-28(2,18-30-23-8-6-4-3-5-7-9-23)17-19-16-22(14-15-24(19)29)27-26-21-12-10-20(25)11-13-21/h10-16,23H,3-9,17-18H2,1-2H3/p+1. The van der Waals surface area contributed by atoms with Crippen LogP contribution in [0.2, 0.25) is 5.02 Å². The number of aromatic hydroxyl groups is 1. The van der Waals surface area contributed by atoms with Crippen molar-refractivity contribution in [2.75, 3.05) is 20.8 Å². The number of halogens is 1. The van der Waals surface area contributed by atoms with Crippen molar-refractivity contribution < 1.29 is 14.3 Å². The van der Waals surface area contributed by atoms with Gasteiger partial charge < -0.3 is 14.3 Å². The van der Waals surface area contributed by atoms with E-state index in [1.807, 2.05) is 18.2 Å². The zero-order valence-corrected chi connectivity index (χ0v) is 18.8. The Kier molecular flexibility index (Phi) is 8.25. The molecule has 0 amide bonds. The Morgan fingerprint density at radius 1 is 0.933 bits per heavy atom. The topological polar surface area (TPSA) is 54.2 Å². The highest BCUT2D eigenvalue weighted by molar-refractivity contribution is 6.30. The van der Waals surface area contributed by atoms with Crippen molar-refractivity contribution in [3.05, 3.63) is 53.1 Å². The molecule has 0 unspecified atom stereocenters. The summed E-state index contributed by atoms with van der Waals surface area (Å²) in [7, 11) is 4.26. The predicted octanol–water partition coefficient (Wildman–Crippen LogP) is 7.12. The molecule has 1 aliphatic rings. The van der Waals surface area contributed by atoms with Gasteiger partial charge in [0.2, 0.25) is 0 Å². The summed E-state index contributed by atoms with van der Waals surface area (Å²) in [6.45, 7) is 1.28. The quantitative estimate of drug-likeness (QED) is 0.288. The van der Waals surface area contributed by atoms with E-state index in [9.17, 15) is 5.11 Å². The first-order chi connectivity index (χ1) is 14.4. The molecule has 2 aromatic carbocycles. The van der Waals surface area contributed by atoms with Gasteiger partial charge >= 0.3 is 0 Å². The van der Waals surface area contributed by atoms with Gasteiger partial charge in [-0.25, -0.2) is 0 Å². The van der Waals surface area contributed by atoms with E-state index in [0.29, 0.717) is 34.6 Å². The Labute approximate surface area is 184 Å². The van der Waals surface area contributed by atoms with Crippen LogP contribution < -0.4 is 0 Å². The Morgan fingerprint density at radius 2 is 1.53 bits per heavy atom. The minimum Gasteiger partial charge on any atom is -0.507 e. The maximum atomic E-state index is 10.4. The summed E-state index contributed by atoms with van der Waals surface area (Å²) in [6.07, 6.45) is 9.21. The lowest BCUT2D eigenvalue weighted by Crippen LogP contribution is -2.42. The van der Waals surface area contributed by atoms with Gasteiger partial charge in [-0.3, -0.25) is 0 Å². The summed E-state index contributed by atoms with van der Waals surface area (Å²) in [5.41, 5.74) is 2.28. The Bertz CT molecular complexity index is 829. The highest BCUT2D eigenvalue weighted by Crippen LogP contribution is 2.28. The highest BCUT2D eigenvalue weighted by Gasteiger charge is 2.22. The van der Waals surface area contributed by atoms with Gasteiger partial charge in [-0.05, 0) is 55.3 Å². The fraction of sp³-hybridized carbons (Fsp3) is 0.500. The number of phenols is 1. The third kappa shape index (κ3) is 7.38. The molecule has 5 nitrogen and oxygen atoms in total. The normalized spacial score (nSPS) is 16.5. The van der Waals surface area contributed by atoms with Crippen LogP contribution in [0.4, 0.5) is 11.4 Å². The van der Waals surface area contributed by atoms with Gasteiger partial charge in [0.1, 0.15) is 12.3 Å². The molecule has 2 aromatic rings. The highest BCUT2D eigenvalue weighted by atomic mass is 35.5. The molecule has 0 atom stereocenters. The molecule has 0 saturated heterocycles. The molecule has 162 valence electrons. The van der Waals surface area contributed by atoms with E-state index in [-0.39, 0.29) is 5.75 Å². The third-order valence-corrected chi connectivity index (χ3v) is 5.73. The number of benzene rings is 2. The van der Waals surface area contributed by atoms with Gasteiger partial charge in [-0.1, -0.05) is 43.7 Å². The molecule has 0 aliphatic heterocycles. The smallest absolute Gasteiger partial charge is 0.183 e. The molecular formula is C24H33ClN3O2+. The lowest BCUT2D eigenvalue weighted by atomic mass is 9.99. The zero-order chi connectivity index (χ0) is 21.4. The molecule has 1 saturated carbocycles. The maximum absolute atomic E-state index is 10.4. The number of rotatable bonds is 7. The van der Waals surface area contributed by atoms with Gasteiger partial charge in [0.15, 0.2) is 6.73 Å². The molecular weight excluding hydrogens is 398 g/mol. The number of phenolic OH excluding ortho intramolecular Hbond substituents is 1. The second-order valence-electron chi connectivity index (χ2n) is 8.85. The molecule has 3 rings (SSSR count). The van der Waals surface area contributed by atoms with Gasteiger partial charge in [0, 0.05) is 5.02 Å². The minimum atomic E-state index is 0.276. The van der Waals surface area contributed by atoms with Crippen molar-refractivity contribution in [2.24, 2.45) is 10.2 Å². The van der Waals surface area contributed by atoms with Crippen LogP contribution in [0.25, 0.3) is 0 Å². The predicted molar refractivity (Wildman–Crippen MR) is 122 cm³/mol. The molecule has 6 heteroatoms. The van der Waals surface area contributed by atoms with Crippen LogP contribution in [0.3, 0.4) is 0 Å². The summed E-state index contributed by atoms with van der Waals surface area (Å²) in [5.74, 6) is 0.276. The van der Waals surface area contributed by atoms with Crippen LogP contribution in [0, 0.1) is 0 Å². The average Bonchev–Trinajstić information content (AvgIpc) is 2.69. The average molecular weight is 431 g/mol. The Hall–Kier alpha value is -1.95. The largest absolute Gasteiger partial charge is 0.507 e. The van der Waals surface area contributed by atoms with E-state index in [2.05, 4.69) is 24.3 Å². The summed E-state index contributed by atoms with van der Waals surface area (Å²) in [4.78, 5) is 0. The van der Waals surface area contributed by atoms with Crippen molar-refractivity contribution in [1.29, 1.82) is 0 Å². The van der Waals surface area contributed by atoms with E-state index in [4.69, 9.17) is 16.3 Å². The van der Waals surface area contributed by atoms with Crippen LogP contribution in [-0.2, 0) is 11.3 Å². The molecule has 0 spiro atoms. The number of azo groups is 1. The van der Waals surface area contributed by atoms with Crippen LogP contribution in [-0.4, -0.2) is 36.5 Å². The fourth-order valence-electron chi connectivity index (χ4n) is 3.78. The molecule has 30 heavy (non-hydrogen) atoms. The molecule has 0 bridgehead atoms. The Balaban J connectivity index is 1.61. The molecule has 1 aliphatic carbocycles. The first-order valence-electron chi connectivity index (χ1n) is 10.8. The Morgan fingerprint density at radius 3 is 2.23 bits per heavy atom. The van der Waals surface area contributed by atoms with Crippen LogP contribution in [0.5, 0.6) is 5.75 Å². The van der Waals surface area contributed by atoms with Crippen molar-refractivity contribution in [3.8, 4) is 5.75 Å². The van der Waals surface area contributed by atoms with Crippen molar-refractivity contribution in [1.82, 2.24) is 0 Å². The van der Waals surface area contributed by atoms with Crippen LogP contribution in [0.1, 0.15) is 50.5 Å². The lowest BCUT2D eigenvalue weighted by Gasteiger charge is -2.32. The van der Waals surface area contributed by atoms with E-state index in [1.165, 1.54) is 32.1 Å². The second-order valence-corrected chi connectivity index (χ2v) is 9.28. The number of hydrogen-bond acceptors (Lipinski definition) is 4. The first kappa shape index (κ1) is 22.7. The van der Waals surface area contributed by atoms with Crippen molar-refractivity contribution in [2.45, 2.75) is 57.6 Å². The summed E-state index contributed by atoms with van der Waals surface area (Å²) in [5, 5.41) is 19.6. The number of quaternary nitrogens is 1. The SMILES string of the molecule is C[N+](C)(COC1CCCCCCC1)Cc1cc(N=Nc2ccc(Cl)cc2)ccc1O. The summed E-state index contributed by atoms with van der Waals surface area (Å²) < 4.78 is 6.92. The maximum Gasteiger partial charge on any atom is 0.183 e. The van der Waals surface area contributed by atoms with E-state index in [1.54, 1.807) is 24.3 Å². The van der Waals surface area contributed by atoms with Gasteiger partial charge in [0.25, 0.3) is 0 Å². The summed E-state index contributed by atoms with van der Waals surface area (Å²) in [6, 6.07) is 12.6. The van der Waals surface area contributed by atoms with E-state index < -0.39 is 0 Å². The number of nitrogens with zero attached hydrogens (tertiary/aromatic N) is 3. The lowest BCUT2D eigenvalue weighted by molar-refractivity contribution is -0.923. The minimum absolute atomic E-state index is 0.276. The molecule has 1 fully saturated rings. The van der Waals surface area contributed by atoms with Crippen molar-refractivity contribution >= 4 is 23.0 Å². The molecule has 0 radical (unpaired) electrons. The summed E-state index contributed by atoms with van der Waals surface area (Å²) >= 11 is 5.91. The second kappa shape index (κ2) is 10.9. The molecule has 0 aromatic heterocycles. The number of hydrogen-bond donors (Lipinski definition) is 1. The van der Waals surface area contributed by atoms with Crippen LogP contribution in [0.15, 0.2) is 52.7 Å². The van der Waals surface area contributed by atoms with Gasteiger partial charge in [-0.2, -0.15) is 10.2 Å². The first-order valence-corrected chi connectivity index (χ1v) is 11.2. The molecule has 0 heterocycles. The van der Waals surface area contributed by atoms with Gasteiger partial charge in [-0.15, -0.1) is 0 Å².